The van der Waals surface area contributed by atoms with Crippen LogP contribution in [0.1, 0.15) is 75.2 Å². The predicted octanol–water partition coefficient (Wildman–Crippen LogP) is 7.60. The van der Waals surface area contributed by atoms with E-state index in [-0.39, 0.29) is 51.5 Å². The molecule has 0 fully saturated rings. The van der Waals surface area contributed by atoms with Crippen molar-refractivity contribution in [2.75, 3.05) is 22.8 Å². The van der Waals surface area contributed by atoms with Gasteiger partial charge in [0, 0.05) is 17.8 Å². The lowest BCUT2D eigenvalue weighted by Gasteiger charge is -2.48. The molecule has 3 rings (SSSR count). The van der Waals surface area contributed by atoms with Gasteiger partial charge in [-0.05, 0) is 57.2 Å². The number of carbonyl (C=O) groups is 1. The van der Waals surface area contributed by atoms with Crippen LogP contribution in [-0.4, -0.2) is 40.4 Å². The quantitative estimate of drug-likeness (QED) is 0.203. The minimum Gasteiger partial charge on any atom is -0.461 e. The average molecular weight is 531 g/mol. The third kappa shape index (κ3) is 6.84. The van der Waals surface area contributed by atoms with E-state index in [1.165, 1.54) is 0 Å². The molecule has 1 atom stereocenters. The molecule has 1 aromatic carbocycles. The summed E-state index contributed by atoms with van der Waals surface area (Å²) < 4.78 is 46.3. The zero-order valence-corrected chi connectivity index (χ0v) is 21.9. The Bertz CT molecular complexity index is 1070. The number of nitrogens with one attached hydrogen (secondary N) is 1. The van der Waals surface area contributed by atoms with Gasteiger partial charge < -0.3 is 14.4 Å². The highest BCUT2D eigenvalue weighted by Crippen LogP contribution is 2.48. The van der Waals surface area contributed by atoms with E-state index in [0.29, 0.717) is 0 Å². The summed E-state index contributed by atoms with van der Waals surface area (Å²) in [5.74, 6) is -0.444. The molecule has 192 valence electrons. The molecule has 0 bridgehead atoms. The molecule has 0 amide bonds. The Kier molecular flexibility index (Phi) is 8.63. The highest BCUT2D eigenvalue weighted by molar-refractivity contribution is 8.01. The summed E-state index contributed by atoms with van der Waals surface area (Å²) in [6.45, 7) is 11.2. The van der Waals surface area contributed by atoms with Crippen LogP contribution >= 0.6 is 23.3 Å². The molecule has 2 aromatic rings. The van der Waals surface area contributed by atoms with Gasteiger partial charge in [0.15, 0.2) is 0 Å². The molecule has 0 radical (unpaired) electrons. The van der Waals surface area contributed by atoms with E-state index in [2.05, 4.69) is 57.7 Å². The standard InChI is InChI=1S/C22H29F3N6O2S2/c1-6-8-9-31-17-11-16(30-35-22(23,24)25)15(10-14(17)13(3)12-21(31,4)5)26-28-20-29-27-18(34-20)19(32)33-7-2/h10-11,13,30H,6-9,12H2,1-5H3. The van der Waals surface area contributed by atoms with Crippen molar-refractivity contribution in [1.82, 2.24) is 10.2 Å². The van der Waals surface area contributed by atoms with Crippen molar-refractivity contribution in [3.05, 3.63) is 22.7 Å². The molecule has 2 heterocycles. The Morgan fingerprint density at radius 3 is 2.71 bits per heavy atom. The Balaban J connectivity index is 2.01. The summed E-state index contributed by atoms with van der Waals surface area (Å²) in [5.41, 5.74) is -2.29. The van der Waals surface area contributed by atoms with Crippen molar-refractivity contribution in [3.63, 3.8) is 0 Å². The van der Waals surface area contributed by atoms with Gasteiger partial charge in [-0.15, -0.1) is 20.4 Å². The van der Waals surface area contributed by atoms with Crippen LogP contribution in [0.2, 0.25) is 0 Å². The third-order valence-electron chi connectivity index (χ3n) is 5.62. The maximum atomic E-state index is 13.0. The van der Waals surface area contributed by atoms with Crippen LogP contribution in [0.5, 0.6) is 0 Å². The molecule has 1 unspecified atom stereocenters. The highest BCUT2D eigenvalue weighted by Gasteiger charge is 2.37. The van der Waals surface area contributed by atoms with Gasteiger partial charge in [-0.3, -0.25) is 0 Å². The molecule has 8 nitrogen and oxygen atoms in total. The van der Waals surface area contributed by atoms with E-state index in [0.717, 1.165) is 48.4 Å². The topological polar surface area (TPSA) is 92.1 Å². The minimum absolute atomic E-state index is 0.0274. The lowest BCUT2D eigenvalue weighted by molar-refractivity contribution is -0.0323. The fraction of sp³-hybridized carbons (Fsp3) is 0.591. The second kappa shape index (κ2) is 11.1. The minimum atomic E-state index is -4.48. The SMILES string of the molecule is CCCCN1c2cc(NSC(F)(F)F)c(N=Nc3nnc(C(=O)OCC)s3)cc2C(C)CC1(C)C. The molecule has 0 spiro atoms. The van der Waals surface area contributed by atoms with E-state index in [1.807, 2.05) is 0 Å². The number of aromatic nitrogens is 2. The first-order valence-corrected chi connectivity index (χ1v) is 13.0. The Hall–Kier alpha value is -2.41. The largest absolute Gasteiger partial charge is 0.461 e. The molecule has 0 saturated carbocycles. The average Bonchev–Trinajstić information content (AvgIpc) is 3.24. The first-order chi connectivity index (χ1) is 16.4. The van der Waals surface area contributed by atoms with Crippen LogP contribution in [0.3, 0.4) is 0 Å². The summed E-state index contributed by atoms with van der Waals surface area (Å²) in [5, 5.41) is 15.9. The summed E-state index contributed by atoms with van der Waals surface area (Å²) in [6.07, 6.45) is 2.87. The number of unbranched alkanes of at least 4 members (excludes halogenated alkanes) is 1. The number of halogens is 3. The zero-order chi connectivity index (χ0) is 25.8. The summed E-state index contributed by atoms with van der Waals surface area (Å²) in [7, 11) is 0. The number of fused-ring (bicyclic) bond motifs is 1. The molecule has 0 aliphatic carbocycles. The van der Waals surface area contributed by atoms with Crippen molar-refractivity contribution in [2.24, 2.45) is 10.2 Å². The van der Waals surface area contributed by atoms with Gasteiger partial charge in [0.1, 0.15) is 5.69 Å². The fourth-order valence-electron chi connectivity index (χ4n) is 4.16. The predicted molar refractivity (Wildman–Crippen MR) is 133 cm³/mol. The van der Waals surface area contributed by atoms with Crippen molar-refractivity contribution >= 4 is 51.4 Å². The number of esters is 1. The van der Waals surface area contributed by atoms with Crippen molar-refractivity contribution in [3.8, 4) is 0 Å². The second-order valence-corrected chi connectivity index (χ2v) is 10.6. The highest BCUT2D eigenvalue weighted by atomic mass is 32.2. The van der Waals surface area contributed by atoms with Gasteiger partial charge in [0.05, 0.1) is 24.2 Å². The van der Waals surface area contributed by atoms with Crippen LogP contribution < -0.4 is 9.62 Å². The van der Waals surface area contributed by atoms with Crippen LogP contribution in [0.15, 0.2) is 22.4 Å². The van der Waals surface area contributed by atoms with Gasteiger partial charge in [0.2, 0.25) is 5.01 Å². The molecule has 13 heteroatoms. The maximum absolute atomic E-state index is 13.0. The van der Waals surface area contributed by atoms with E-state index in [4.69, 9.17) is 4.74 Å². The molecule has 35 heavy (non-hydrogen) atoms. The monoisotopic (exact) mass is 530 g/mol. The first kappa shape index (κ1) is 27.2. The van der Waals surface area contributed by atoms with Gasteiger partial charge in [-0.1, -0.05) is 31.6 Å². The molecule has 1 aliphatic heterocycles. The number of azo groups is 1. The van der Waals surface area contributed by atoms with Crippen LogP contribution in [0.25, 0.3) is 0 Å². The second-order valence-electron chi connectivity index (χ2n) is 8.81. The normalized spacial score (nSPS) is 17.5. The van der Waals surface area contributed by atoms with Gasteiger partial charge in [0.25, 0.3) is 5.13 Å². The molecule has 0 saturated heterocycles. The van der Waals surface area contributed by atoms with Crippen molar-refractivity contribution in [2.45, 2.75) is 70.8 Å². The molecule has 1 aliphatic rings. The number of carbonyl (C=O) groups excluding carboxylic acids is 1. The number of nitrogens with zero attached hydrogens (tertiary/aromatic N) is 5. The Morgan fingerprint density at radius 2 is 2.06 bits per heavy atom. The lowest BCUT2D eigenvalue weighted by atomic mass is 9.79. The number of benzene rings is 1. The van der Waals surface area contributed by atoms with E-state index in [1.54, 1.807) is 19.1 Å². The van der Waals surface area contributed by atoms with Gasteiger partial charge >= 0.3 is 11.5 Å². The summed E-state index contributed by atoms with van der Waals surface area (Å²) in [6, 6.07) is 3.50. The number of hydrogen-bond donors (Lipinski definition) is 1. The van der Waals surface area contributed by atoms with Crippen LogP contribution in [0, 0.1) is 0 Å². The molecular formula is C22H29F3N6O2S2. The third-order valence-corrected chi connectivity index (χ3v) is 6.96. The summed E-state index contributed by atoms with van der Waals surface area (Å²) in [4.78, 5) is 14.1. The molecular weight excluding hydrogens is 501 g/mol. The Morgan fingerprint density at radius 1 is 1.31 bits per heavy atom. The van der Waals surface area contributed by atoms with Crippen LogP contribution in [-0.2, 0) is 4.74 Å². The lowest BCUT2D eigenvalue weighted by Crippen LogP contribution is -2.48. The Labute approximate surface area is 210 Å². The molecule has 1 aromatic heterocycles. The number of hydrogen-bond acceptors (Lipinski definition) is 10. The van der Waals surface area contributed by atoms with Crippen LogP contribution in [0.4, 0.5) is 35.4 Å². The number of rotatable bonds is 9. The summed E-state index contributed by atoms with van der Waals surface area (Å²) >= 11 is 0.541. The van der Waals surface area contributed by atoms with Crippen molar-refractivity contribution < 1.29 is 22.7 Å². The maximum Gasteiger partial charge on any atom is 0.461 e. The fourth-order valence-corrected chi connectivity index (χ4v) is 5.11. The number of ether oxygens (including phenoxy) is 1. The van der Waals surface area contributed by atoms with Gasteiger partial charge in [-0.2, -0.15) is 13.2 Å². The van der Waals surface area contributed by atoms with E-state index >= 15 is 0 Å². The number of anilines is 2. The number of alkyl halides is 3. The first-order valence-electron chi connectivity index (χ1n) is 11.3. The zero-order valence-electron chi connectivity index (χ0n) is 20.3. The van der Waals surface area contributed by atoms with E-state index in [9.17, 15) is 18.0 Å². The van der Waals surface area contributed by atoms with Crippen molar-refractivity contribution in [1.29, 1.82) is 0 Å². The van der Waals surface area contributed by atoms with Gasteiger partial charge in [-0.25, -0.2) is 4.79 Å². The molecule has 1 N–H and O–H groups in total. The van der Waals surface area contributed by atoms with E-state index < -0.39 is 11.5 Å². The smallest absolute Gasteiger partial charge is 0.461 e.